The molecule has 2 bridgehead atoms. The highest BCUT2D eigenvalue weighted by atomic mass is 15.1. The number of hydrogen-bond donors (Lipinski definition) is 2. The van der Waals surface area contributed by atoms with E-state index >= 15 is 0 Å². The number of benzene rings is 2. The topological polar surface area (TPSA) is 36.4 Å². The van der Waals surface area contributed by atoms with E-state index in [0.29, 0.717) is 17.8 Å². The van der Waals surface area contributed by atoms with Crippen LogP contribution in [-0.2, 0) is 0 Å². The summed E-state index contributed by atoms with van der Waals surface area (Å²) >= 11 is 0. The Hall–Kier alpha value is -2.29. The molecule has 0 radical (unpaired) electrons. The van der Waals surface area contributed by atoms with Gasteiger partial charge in [0.05, 0.1) is 0 Å². The number of fused-ring (bicyclic) bond motifs is 1. The van der Waals surface area contributed by atoms with Crippen molar-refractivity contribution in [2.75, 3.05) is 20.6 Å². The Labute approximate surface area is 137 Å². The second-order valence-corrected chi connectivity index (χ2v) is 6.49. The van der Waals surface area contributed by atoms with Gasteiger partial charge in [0.25, 0.3) is 0 Å². The van der Waals surface area contributed by atoms with Crippen LogP contribution in [0.4, 0.5) is 0 Å². The molecule has 0 saturated heterocycles. The standard InChI is InChI=1S/C20H23N3/c1-21-20(22-2)23-12-13-11-18-14-7-3-5-9-16(14)19(13)17-10-6-4-8-15(17)18/h3-10,13,18-19H,11-12H2,1-2H3,(H2,21,22,23)/t13-,18?,19?/m1/s1. The van der Waals surface area contributed by atoms with Gasteiger partial charge in [-0.25, -0.2) is 0 Å². The van der Waals surface area contributed by atoms with Crippen molar-refractivity contribution in [1.82, 2.24) is 10.6 Å². The van der Waals surface area contributed by atoms with Gasteiger partial charge in [0, 0.05) is 32.5 Å². The van der Waals surface area contributed by atoms with Crippen molar-refractivity contribution in [2.24, 2.45) is 10.9 Å². The smallest absolute Gasteiger partial charge is 0.190 e. The monoisotopic (exact) mass is 305 g/mol. The molecule has 0 spiro atoms. The molecule has 0 amide bonds. The highest BCUT2D eigenvalue weighted by Crippen LogP contribution is 2.54. The Morgan fingerprint density at radius 3 is 2.09 bits per heavy atom. The third-order valence-corrected chi connectivity index (χ3v) is 5.41. The molecule has 2 aromatic carbocycles. The molecular formula is C20H23N3. The van der Waals surface area contributed by atoms with E-state index in [9.17, 15) is 0 Å². The van der Waals surface area contributed by atoms with Crippen molar-refractivity contribution in [1.29, 1.82) is 0 Å². The largest absolute Gasteiger partial charge is 0.359 e. The van der Waals surface area contributed by atoms with Gasteiger partial charge in [-0.1, -0.05) is 48.5 Å². The fourth-order valence-electron chi connectivity index (χ4n) is 4.47. The molecule has 3 aliphatic rings. The number of hydrogen-bond acceptors (Lipinski definition) is 1. The Morgan fingerprint density at radius 2 is 1.57 bits per heavy atom. The molecular weight excluding hydrogens is 282 g/mol. The molecule has 1 atom stereocenters. The molecule has 3 heteroatoms. The maximum atomic E-state index is 4.24. The number of guanidine groups is 1. The second-order valence-electron chi connectivity index (χ2n) is 6.49. The van der Waals surface area contributed by atoms with Gasteiger partial charge in [0.1, 0.15) is 0 Å². The number of aliphatic imine (C=N–C) groups is 1. The van der Waals surface area contributed by atoms with Gasteiger partial charge in [0.15, 0.2) is 5.96 Å². The first-order valence-electron chi connectivity index (χ1n) is 8.39. The summed E-state index contributed by atoms with van der Waals surface area (Å²) in [5, 5.41) is 6.59. The van der Waals surface area contributed by atoms with Crippen LogP contribution in [0.2, 0.25) is 0 Å². The minimum Gasteiger partial charge on any atom is -0.359 e. The van der Waals surface area contributed by atoms with Crippen LogP contribution in [0, 0.1) is 5.92 Å². The van der Waals surface area contributed by atoms with Crippen LogP contribution >= 0.6 is 0 Å². The lowest BCUT2D eigenvalue weighted by molar-refractivity contribution is 0.354. The first kappa shape index (κ1) is 14.3. The van der Waals surface area contributed by atoms with Crippen LogP contribution in [0.3, 0.4) is 0 Å². The third kappa shape index (κ3) is 2.23. The molecule has 0 saturated carbocycles. The fraction of sp³-hybridized carbons (Fsp3) is 0.350. The molecule has 2 N–H and O–H groups in total. The fourth-order valence-corrected chi connectivity index (χ4v) is 4.47. The van der Waals surface area contributed by atoms with E-state index < -0.39 is 0 Å². The van der Waals surface area contributed by atoms with Crippen LogP contribution in [0.25, 0.3) is 0 Å². The Bertz CT molecular complexity index is 703. The first-order chi connectivity index (χ1) is 11.3. The van der Waals surface area contributed by atoms with E-state index in [-0.39, 0.29) is 0 Å². The Morgan fingerprint density at radius 1 is 1.00 bits per heavy atom. The summed E-state index contributed by atoms with van der Waals surface area (Å²) < 4.78 is 0. The van der Waals surface area contributed by atoms with Crippen LogP contribution in [0.1, 0.15) is 40.5 Å². The highest BCUT2D eigenvalue weighted by Gasteiger charge is 2.42. The minimum absolute atomic E-state index is 0.495. The lowest BCUT2D eigenvalue weighted by Crippen LogP contribution is -2.42. The van der Waals surface area contributed by atoms with Gasteiger partial charge in [-0.05, 0) is 34.6 Å². The third-order valence-electron chi connectivity index (χ3n) is 5.41. The zero-order valence-corrected chi connectivity index (χ0v) is 13.7. The van der Waals surface area contributed by atoms with Crippen molar-refractivity contribution >= 4 is 5.96 Å². The van der Waals surface area contributed by atoms with Gasteiger partial charge in [-0.2, -0.15) is 0 Å². The SMILES string of the molecule is CN=C(NC)NC[C@H]1CC2c3ccccc3C1c1ccccc12. The molecule has 3 aliphatic carbocycles. The summed E-state index contributed by atoms with van der Waals surface area (Å²) in [4.78, 5) is 4.24. The quantitative estimate of drug-likeness (QED) is 0.661. The van der Waals surface area contributed by atoms with E-state index in [1.54, 1.807) is 0 Å². The molecule has 118 valence electrons. The van der Waals surface area contributed by atoms with Gasteiger partial charge < -0.3 is 10.6 Å². The average Bonchev–Trinajstić information content (AvgIpc) is 2.63. The summed E-state index contributed by atoms with van der Waals surface area (Å²) in [6.45, 7) is 0.956. The molecule has 0 unspecified atom stereocenters. The lowest BCUT2D eigenvalue weighted by Gasteiger charge is -2.45. The lowest BCUT2D eigenvalue weighted by atomic mass is 9.59. The molecule has 0 heterocycles. The average molecular weight is 305 g/mol. The normalized spacial score (nSPS) is 24.8. The summed E-state index contributed by atoms with van der Waals surface area (Å²) in [6.07, 6.45) is 1.21. The van der Waals surface area contributed by atoms with E-state index in [2.05, 4.69) is 64.2 Å². The molecule has 0 aliphatic heterocycles. The maximum absolute atomic E-state index is 4.24. The summed E-state index contributed by atoms with van der Waals surface area (Å²) in [5.41, 5.74) is 6.11. The zero-order chi connectivity index (χ0) is 15.8. The van der Waals surface area contributed by atoms with E-state index in [0.717, 1.165) is 12.5 Å². The number of nitrogens with one attached hydrogen (secondary N) is 2. The number of nitrogens with zero attached hydrogens (tertiary/aromatic N) is 1. The van der Waals surface area contributed by atoms with Gasteiger partial charge in [0.2, 0.25) is 0 Å². The predicted molar refractivity (Wildman–Crippen MR) is 95.1 cm³/mol. The van der Waals surface area contributed by atoms with Crippen LogP contribution in [-0.4, -0.2) is 26.6 Å². The molecule has 0 aromatic heterocycles. The van der Waals surface area contributed by atoms with Crippen molar-refractivity contribution < 1.29 is 0 Å². The Kier molecular flexibility index (Phi) is 3.56. The minimum atomic E-state index is 0.495. The number of rotatable bonds is 2. The van der Waals surface area contributed by atoms with Gasteiger partial charge in [-0.15, -0.1) is 0 Å². The molecule has 0 fully saturated rings. The molecule has 2 aromatic rings. The molecule has 5 rings (SSSR count). The van der Waals surface area contributed by atoms with Crippen molar-refractivity contribution in [3.8, 4) is 0 Å². The highest BCUT2D eigenvalue weighted by molar-refractivity contribution is 5.79. The predicted octanol–water partition coefficient (Wildman–Crippen LogP) is 3.08. The van der Waals surface area contributed by atoms with Crippen LogP contribution in [0.5, 0.6) is 0 Å². The first-order valence-corrected chi connectivity index (χ1v) is 8.39. The van der Waals surface area contributed by atoms with Crippen molar-refractivity contribution in [3.63, 3.8) is 0 Å². The van der Waals surface area contributed by atoms with E-state index in [1.165, 1.54) is 28.7 Å². The second kappa shape index (κ2) is 5.73. The van der Waals surface area contributed by atoms with Crippen molar-refractivity contribution in [2.45, 2.75) is 18.3 Å². The van der Waals surface area contributed by atoms with E-state index in [1.807, 2.05) is 14.1 Å². The zero-order valence-electron chi connectivity index (χ0n) is 13.7. The van der Waals surface area contributed by atoms with Crippen molar-refractivity contribution in [3.05, 3.63) is 70.8 Å². The van der Waals surface area contributed by atoms with Gasteiger partial charge >= 0.3 is 0 Å². The van der Waals surface area contributed by atoms with Crippen LogP contribution in [0.15, 0.2) is 53.5 Å². The van der Waals surface area contributed by atoms with Crippen LogP contribution < -0.4 is 10.6 Å². The molecule has 23 heavy (non-hydrogen) atoms. The maximum Gasteiger partial charge on any atom is 0.190 e. The molecule has 3 nitrogen and oxygen atoms in total. The Balaban J connectivity index is 1.71. The van der Waals surface area contributed by atoms with Gasteiger partial charge in [-0.3, -0.25) is 4.99 Å². The summed E-state index contributed by atoms with van der Waals surface area (Å²) in [7, 11) is 3.73. The summed E-state index contributed by atoms with van der Waals surface area (Å²) in [6, 6.07) is 18.0. The van der Waals surface area contributed by atoms with E-state index in [4.69, 9.17) is 0 Å². The summed E-state index contributed by atoms with van der Waals surface area (Å²) in [5.74, 6) is 2.51.